The fourth-order valence-electron chi connectivity index (χ4n) is 2.64. The van der Waals surface area contributed by atoms with Gasteiger partial charge in [0.05, 0.1) is 12.1 Å². The van der Waals surface area contributed by atoms with E-state index in [1.807, 2.05) is 30.3 Å². The number of carbonyl (C=O) groups is 2. The van der Waals surface area contributed by atoms with E-state index in [1.165, 1.54) is 27.0 Å². The predicted molar refractivity (Wildman–Crippen MR) is 103 cm³/mol. The second-order valence-corrected chi connectivity index (χ2v) is 6.95. The van der Waals surface area contributed by atoms with Gasteiger partial charge in [-0.25, -0.2) is 9.59 Å². The maximum atomic E-state index is 12.1. The monoisotopic (exact) mass is 402 g/mol. The molecule has 146 valence electrons. The molecule has 0 saturated carbocycles. The average molecular weight is 403 g/mol. The topological polar surface area (TPSA) is 71.1 Å². The van der Waals surface area contributed by atoms with Crippen LogP contribution in [0, 0.1) is 0 Å². The molecule has 28 heavy (non-hydrogen) atoms. The van der Waals surface area contributed by atoms with Crippen LogP contribution in [0.1, 0.15) is 25.0 Å². The summed E-state index contributed by atoms with van der Waals surface area (Å²) in [5.41, 5.74) is 1.22. The second-order valence-electron chi connectivity index (χ2n) is 6.55. The Morgan fingerprint density at radius 3 is 2.32 bits per heavy atom. The third kappa shape index (κ3) is 4.46. The lowest BCUT2D eigenvalue weighted by atomic mass is 10.1. The minimum atomic E-state index is -1.30. The Morgan fingerprint density at radius 1 is 1.07 bits per heavy atom. The zero-order valence-corrected chi connectivity index (χ0v) is 16.4. The number of methoxy groups -OCH3 is 1. The molecule has 2 aromatic carbocycles. The van der Waals surface area contributed by atoms with Crippen molar-refractivity contribution in [1.29, 1.82) is 0 Å². The quantitative estimate of drug-likeness (QED) is 0.425. The van der Waals surface area contributed by atoms with E-state index in [-0.39, 0.29) is 10.6 Å². The SMILES string of the molecule is COc1cc(C=C2C(=O)OC(C)(C)OC2=O)cc(Cl)c1OCc1ccccc1. The molecular formula is C21H19ClO6. The molecule has 0 unspecified atom stereocenters. The Labute approximate surface area is 167 Å². The van der Waals surface area contributed by atoms with Crippen LogP contribution in [0.25, 0.3) is 6.08 Å². The molecule has 6 nitrogen and oxygen atoms in total. The molecule has 1 saturated heterocycles. The first-order chi connectivity index (χ1) is 13.3. The molecule has 1 heterocycles. The molecule has 0 spiro atoms. The van der Waals surface area contributed by atoms with Crippen LogP contribution in [-0.4, -0.2) is 24.8 Å². The number of ether oxygens (including phenoxy) is 4. The van der Waals surface area contributed by atoms with Crippen LogP contribution in [0.5, 0.6) is 11.5 Å². The van der Waals surface area contributed by atoms with Crippen LogP contribution in [-0.2, 0) is 25.7 Å². The first-order valence-electron chi connectivity index (χ1n) is 8.52. The van der Waals surface area contributed by atoms with Crippen molar-refractivity contribution in [2.45, 2.75) is 26.2 Å². The number of hydrogen-bond donors (Lipinski definition) is 0. The summed E-state index contributed by atoms with van der Waals surface area (Å²) in [6.07, 6.45) is 1.34. The molecule has 1 aliphatic heterocycles. The summed E-state index contributed by atoms with van der Waals surface area (Å²) in [7, 11) is 1.48. The van der Waals surface area contributed by atoms with Gasteiger partial charge in [-0.1, -0.05) is 41.9 Å². The Balaban J connectivity index is 1.87. The lowest BCUT2D eigenvalue weighted by Crippen LogP contribution is -2.41. The molecule has 1 aliphatic rings. The van der Waals surface area contributed by atoms with E-state index < -0.39 is 17.7 Å². The molecule has 2 aromatic rings. The van der Waals surface area contributed by atoms with Gasteiger partial charge in [0.2, 0.25) is 0 Å². The van der Waals surface area contributed by atoms with Crippen molar-refractivity contribution in [3.8, 4) is 11.5 Å². The van der Waals surface area contributed by atoms with E-state index in [4.69, 9.17) is 30.5 Å². The highest BCUT2D eigenvalue weighted by Gasteiger charge is 2.38. The number of halogens is 1. The Morgan fingerprint density at radius 2 is 1.71 bits per heavy atom. The first kappa shape index (κ1) is 19.8. The van der Waals surface area contributed by atoms with Crippen molar-refractivity contribution in [1.82, 2.24) is 0 Å². The van der Waals surface area contributed by atoms with Crippen molar-refractivity contribution in [3.63, 3.8) is 0 Å². The normalized spacial score (nSPS) is 15.5. The molecule has 0 radical (unpaired) electrons. The van der Waals surface area contributed by atoms with Gasteiger partial charge >= 0.3 is 11.9 Å². The van der Waals surface area contributed by atoms with Crippen LogP contribution in [0.15, 0.2) is 48.0 Å². The summed E-state index contributed by atoms with van der Waals surface area (Å²) >= 11 is 6.35. The van der Waals surface area contributed by atoms with Crippen molar-refractivity contribution < 1.29 is 28.5 Å². The summed E-state index contributed by atoms with van der Waals surface area (Å²) in [5.74, 6) is -2.09. The minimum absolute atomic E-state index is 0.226. The molecule has 3 rings (SSSR count). The van der Waals surface area contributed by atoms with Crippen molar-refractivity contribution in [3.05, 3.63) is 64.2 Å². The first-order valence-corrected chi connectivity index (χ1v) is 8.89. The van der Waals surface area contributed by atoms with Crippen molar-refractivity contribution in [2.75, 3.05) is 7.11 Å². The Kier molecular flexibility index (Phi) is 5.61. The van der Waals surface area contributed by atoms with Crippen LogP contribution < -0.4 is 9.47 Å². The van der Waals surface area contributed by atoms with E-state index in [0.717, 1.165) is 5.56 Å². The van der Waals surface area contributed by atoms with Gasteiger partial charge in [-0.15, -0.1) is 0 Å². The van der Waals surface area contributed by atoms with E-state index >= 15 is 0 Å². The molecule has 0 amide bonds. The largest absolute Gasteiger partial charge is 0.493 e. The number of esters is 2. The van der Waals surface area contributed by atoms with E-state index in [9.17, 15) is 9.59 Å². The number of benzene rings is 2. The number of carbonyl (C=O) groups excluding carboxylic acids is 2. The van der Waals surface area contributed by atoms with Crippen LogP contribution in [0.2, 0.25) is 5.02 Å². The maximum absolute atomic E-state index is 12.1. The summed E-state index contributed by atoms with van der Waals surface area (Å²) in [5, 5.41) is 0.278. The maximum Gasteiger partial charge on any atom is 0.348 e. The van der Waals surface area contributed by atoms with E-state index in [0.29, 0.717) is 23.7 Å². The summed E-state index contributed by atoms with van der Waals surface area (Å²) < 4.78 is 21.3. The van der Waals surface area contributed by atoms with Crippen molar-refractivity contribution >= 4 is 29.6 Å². The molecule has 0 atom stereocenters. The van der Waals surface area contributed by atoms with Gasteiger partial charge < -0.3 is 18.9 Å². The standard InChI is InChI=1S/C21H19ClO6/c1-21(2)27-19(23)15(20(24)28-21)9-14-10-16(22)18(17(11-14)25-3)26-12-13-7-5-4-6-8-13/h4-11H,12H2,1-3H3. The fraction of sp³-hybridized carbons (Fsp3) is 0.238. The van der Waals surface area contributed by atoms with Crippen LogP contribution in [0.3, 0.4) is 0 Å². The average Bonchev–Trinajstić information content (AvgIpc) is 2.63. The molecule has 0 N–H and O–H groups in total. The van der Waals surface area contributed by atoms with E-state index in [1.54, 1.807) is 12.1 Å². The smallest absolute Gasteiger partial charge is 0.348 e. The molecule has 7 heteroatoms. The van der Waals surface area contributed by atoms with Gasteiger partial charge in [0.1, 0.15) is 12.2 Å². The fourth-order valence-corrected chi connectivity index (χ4v) is 2.91. The zero-order valence-electron chi connectivity index (χ0n) is 15.7. The van der Waals surface area contributed by atoms with Gasteiger partial charge in [-0.05, 0) is 29.3 Å². The number of hydrogen-bond acceptors (Lipinski definition) is 6. The number of rotatable bonds is 5. The Hall–Kier alpha value is -2.99. The van der Waals surface area contributed by atoms with Gasteiger partial charge in [0, 0.05) is 13.8 Å². The van der Waals surface area contributed by atoms with Crippen LogP contribution in [0.4, 0.5) is 0 Å². The van der Waals surface area contributed by atoms with Gasteiger partial charge in [-0.2, -0.15) is 0 Å². The van der Waals surface area contributed by atoms with Gasteiger partial charge in [0.15, 0.2) is 11.5 Å². The molecule has 0 aromatic heterocycles. The summed E-state index contributed by atoms with van der Waals surface area (Å²) in [4.78, 5) is 24.2. The summed E-state index contributed by atoms with van der Waals surface area (Å²) in [6.45, 7) is 3.28. The minimum Gasteiger partial charge on any atom is -0.493 e. The third-order valence-corrected chi connectivity index (χ3v) is 4.19. The predicted octanol–water partition coefficient (Wildman–Crippen LogP) is 4.15. The van der Waals surface area contributed by atoms with Crippen LogP contribution >= 0.6 is 11.6 Å². The molecule has 0 aliphatic carbocycles. The highest BCUT2D eigenvalue weighted by Crippen LogP contribution is 2.38. The lowest BCUT2D eigenvalue weighted by molar-refractivity contribution is -0.222. The highest BCUT2D eigenvalue weighted by molar-refractivity contribution is 6.32. The molecule has 1 fully saturated rings. The third-order valence-electron chi connectivity index (χ3n) is 3.91. The zero-order chi connectivity index (χ0) is 20.3. The highest BCUT2D eigenvalue weighted by atomic mass is 35.5. The molecule has 0 bridgehead atoms. The van der Waals surface area contributed by atoms with E-state index in [2.05, 4.69) is 0 Å². The lowest BCUT2D eigenvalue weighted by Gasteiger charge is -2.29. The Bertz CT molecular complexity index is 911. The van der Waals surface area contributed by atoms with Crippen molar-refractivity contribution in [2.24, 2.45) is 0 Å². The molecular weight excluding hydrogens is 384 g/mol. The number of cyclic esters (lactones) is 2. The second kappa shape index (κ2) is 7.94. The summed E-state index contributed by atoms with van der Waals surface area (Å²) in [6, 6.07) is 12.8. The van der Waals surface area contributed by atoms with Gasteiger partial charge in [0.25, 0.3) is 5.79 Å². The van der Waals surface area contributed by atoms with Gasteiger partial charge in [-0.3, -0.25) is 0 Å².